The molecule has 6 heteroatoms. The molecule has 2 saturated heterocycles. The lowest BCUT2D eigenvalue weighted by Crippen LogP contribution is -2.53. The summed E-state index contributed by atoms with van der Waals surface area (Å²) in [6.45, 7) is 8.62. The summed E-state index contributed by atoms with van der Waals surface area (Å²) in [7, 11) is 0. The van der Waals surface area contributed by atoms with Gasteiger partial charge in [0, 0.05) is 65.1 Å². The van der Waals surface area contributed by atoms with E-state index in [-0.39, 0.29) is 5.91 Å². The monoisotopic (exact) mass is 429 g/mol. The second-order valence-corrected chi connectivity index (χ2v) is 8.75. The summed E-state index contributed by atoms with van der Waals surface area (Å²) in [5.41, 5.74) is 1.37. The van der Waals surface area contributed by atoms with Crippen molar-refractivity contribution in [2.75, 3.05) is 63.8 Å². The molecule has 32 heavy (non-hydrogen) atoms. The second kappa shape index (κ2) is 9.67. The lowest BCUT2D eigenvalue weighted by molar-refractivity contribution is -0.134. The van der Waals surface area contributed by atoms with Crippen LogP contribution in [-0.2, 0) is 11.3 Å². The van der Waals surface area contributed by atoms with Gasteiger partial charge in [-0.3, -0.25) is 14.6 Å². The molecule has 2 aliphatic rings. The quantitative estimate of drug-likeness (QED) is 0.624. The standard InChI is InChI=1S/C26H31N5O/c32-26(21-29-12-16-30(17-13-29)25-10-3-4-11-27-25)31-18-14-28(15-19-31)20-23-8-5-7-22-6-1-2-9-24(22)23/h1-11H,12-21H2. The zero-order valence-corrected chi connectivity index (χ0v) is 18.6. The molecule has 0 bridgehead atoms. The molecular formula is C26H31N5O. The number of rotatable bonds is 5. The van der Waals surface area contributed by atoms with E-state index in [0.717, 1.165) is 64.7 Å². The number of carbonyl (C=O) groups is 1. The topological polar surface area (TPSA) is 42.9 Å². The summed E-state index contributed by atoms with van der Waals surface area (Å²) in [6, 6.07) is 21.1. The predicted molar refractivity (Wildman–Crippen MR) is 129 cm³/mol. The van der Waals surface area contributed by atoms with Crippen molar-refractivity contribution in [3.8, 4) is 0 Å². The van der Waals surface area contributed by atoms with Crippen LogP contribution in [0.1, 0.15) is 5.56 Å². The number of carbonyl (C=O) groups excluding carboxylic acids is 1. The van der Waals surface area contributed by atoms with Gasteiger partial charge in [0.1, 0.15) is 5.82 Å². The van der Waals surface area contributed by atoms with E-state index in [1.807, 2.05) is 23.2 Å². The highest BCUT2D eigenvalue weighted by molar-refractivity contribution is 5.85. The molecular weight excluding hydrogens is 398 g/mol. The van der Waals surface area contributed by atoms with Gasteiger partial charge in [-0.1, -0.05) is 48.5 Å². The first-order valence-electron chi connectivity index (χ1n) is 11.6. The van der Waals surface area contributed by atoms with Gasteiger partial charge in [-0.2, -0.15) is 0 Å². The second-order valence-electron chi connectivity index (χ2n) is 8.75. The van der Waals surface area contributed by atoms with Gasteiger partial charge in [-0.05, 0) is 28.5 Å². The minimum Gasteiger partial charge on any atom is -0.354 e. The van der Waals surface area contributed by atoms with Gasteiger partial charge in [0.2, 0.25) is 5.91 Å². The van der Waals surface area contributed by atoms with Crippen molar-refractivity contribution < 1.29 is 4.79 Å². The number of hydrogen-bond donors (Lipinski definition) is 0. The average Bonchev–Trinajstić information content (AvgIpc) is 2.86. The van der Waals surface area contributed by atoms with Crippen molar-refractivity contribution in [3.63, 3.8) is 0 Å². The highest BCUT2D eigenvalue weighted by atomic mass is 16.2. The molecule has 0 aliphatic carbocycles. The summed E-state index contributed by atoms with van der Waals surface area (Å²) >= 11 is 0. The minimum atomic E-state index is 0.265. The predicted octanol–water partition coefficient (Wildman–Crippen LogP) is 2.70. The van der Waals surface area contributed by atoms with E-state index in [0.29, 0.717) is 6.54 Å². The summed E-state index contributed by atoms with van der Waals surface area (Å²) < 4.78 is 0. The van der Waals surface area contributed by atoms with Crippen LogP contribution in [0, 0.1) is 0 Å². The summed E-state index contributed by atoms with van der Waals surface area (Å²) in [5.74, 6) is 1.29. The Bertz CT molecular complexity index is 1040. The smallest absolute Gasteiger partial charge is 0.236 e. The van der Waals surface area contributed by atoms with Crippen LogP contribution in [0.25, 0.3) is 10.8 Å². The molecule has 0 atom stereocenters. The first-order valence-corrected chi connectivity index (χ1v) is 11.6. The van der Waals surface area contributed by atoms with Crippen molar-refractivity contribution in [2.24, 2.45) is 0 Å². The molecule has 2 fully saturated rings. The van der Waals surface area contributed by atoms with E-state index in [1.165, 1.54) is 16.3 Å². The van der Waals surface area contributed by atoms with Crippen LogP contribution < -0.4 is 4.90 Å². The molecule has 166 valence electrons. The first kappa shape index (κ1) is 20.9. The number of fused-ring (bicyclic) bond motifs is 1. The fraction of sp³-hybridized carbons (Fsp3) is 0.385. The number of aromatic nitrogens is 1. The molecule has 2 aromatic carbocycles. The Labute approximate surface area is 190 Å². The van der Waals surface area contributed by atoms with Gasteiger partial charge in [-0.15, -0.1) is 0 Å². The number of benzene rings is 2. The van der Waals surface area contributed by atoms with E-state index < -0.39 is 0 Å². The van der Waals surface area contributed by atoms with Crippen LogP contribution >= 0.6 is 0 Å². The number of hydrogen-bond acceptors (Lipinski definition) is 5. The Morgan fingerprint density at radius 2 is 1.47 bits per heavy atom. The molecule has 0 saturated carbocycles. The van der Waals surface area contributed by atoms with Gasteiger partial charge in [0.25, 0.3) is 0 Å². The van der Waals surface area contributed by atoms with Crippen LogP contribution in [0.15, 0.2) is 66.9 Å². The van der Waals surface area contributed by atoms with E-state index >= 15 is 0 Å². The lowest BCUT2D eigenvalue weighted by Gasteiger charge is -2.38. The molecule has 3 aromatic rings. The Morgan fingerprint density at radius 1 is 0.750 bits per heavy atom. The molecule has 0 radical (unpaired) electrons. The van der Waals surface area contributed by atoms with Crippen molar-refractivity contribution in [3.05, 3.63) is 72.4 Å². The van der Waals surface area contributed by atoms with Crippen molar-refractivity contribution >= 4 is 22.5 Å². The largest absolute Gasteiger partial charge is 0.354 e. The van der Waals surface area contributed by atoms with Crippen molar-refractivity contribution in [1.29, 1.82) is 0 Å². The number of piperazine rings is 2. The molecule has 0 spiro atoms. The van der Waals surface area contributed by atoms with Gasteiger partial charge in [0.05, 0.1) is 6.54 Å². The summed E-state index contributed by atoms with van der Waals surface area (Å²) in [4.78, 5) is 26.4. The third-order valence-electron chi connectivity index (χ3n) is 6.70. The Hall–Kier alpha value is -2.96. The van der Waals surface area contributed by atoms with Crippen LogP contribution in [-0.4, -0.2) is 84.5 Å². The SMILES string of the molecule is O=C(CN1CCN(c2ccccn2)CC1)N1CCN(Cc2cccc3ccccc23)CC1. The van der Waals surface area contributed by atoms with Gasteiger partial charge in [0.15, 0.2) is 0 Å². The maximum Gasteiger partial charge on any atom is 0.236 e. The molecule has 5 rings (SSSR count). The molecule has 0 N–H and O–H groups in total. The maximum atomic E-state index is 12.9. The Kier molecular flexibility index (Phi) is 6.32. The highest BCUT2D eigenvalue weighted by Crippen LogP contribution is 2.20. The van der Waals surface area contributed by atoms with E-state index in [9.17, 15) is 4.79 Å². The minimum absolute atomic E-state index is 0.265. The van der Waals surface area contributed by atoms with Gasteiger partial charge in [-0.25, -0.2) is 4.98 Å². The van der Waals surface area contributed by atoms with E-state index in [4.69, 9.17) is 0 Å². The van der Waals surface area contributed by atoms with Crippen LogP contribution in [0.3, 0.4) is 0 Å². The Morgan fingerprint density at radius 3 is 2.25 bits per heavy atom. The third-order valence-corrected chi connectivity index (χ3v) is 6.70. The number of amides is 1. The summed E-state index contributed by atoms with van der Waals surface area (Å²) in [6.07, 6.45) is 1.84. The average molecular weight is 430 g/mol. The summed E-state index contributed by atoms with van der Waals surface area (Å²) in [5, 5.41) is 2.63. The molecule has 3 heterocycles. The lowest BCUT2D eigenvalue weighted by atomic mass is 10.0. The first-order chi connectivity index (χ1) is 15.8. The number of pyridine rings is 1. The van der Waals surface area contributed by atoms with Crippen LogP contribution in [0.5, 0.6) is 0 Å². The van der Waals surface area contributed by atoms with Crippen molar-refractivity contribution in [1.82, 2.24) is 19.7 Å². The van der Waals surface area contributed by atoms with Gasteiger partial charge >= 0.3 is 0 Å². The van der Waals surface area contributed by atoms with Crippen LogP contribution in [0.4, 0.5) is 5.82 Å². The van der Waals surface area contributed by atoms with Gasteiger partial charge < -0.3 is 9.80 Å². The van der Waals surface area contributed by atoms with Crippen LogP contribution in [0.2, 0.25) is 0 Å². The fourth-order valence-corrected chi connectivity index (χ4v) is 4.79. The molecule has 1 amide bonds. The number of nitrogens with zero attached hydrogens (tertiary/aromatic N) is 5. The molecule has 2 aliphatic heterocycles. The zero-order valence-electron chi connectivity index (χ0n) is 18.6. The van der Waals surface area contributed by atoms with E-state index in [2.05, 4.69) is 68.2 Å². The fourth-order valence-electron chi connectivity index (χ4n) is 4.79. The third kappa shape index (κ3) is 4.76. The number of anilines is 1. The van der Waals surface area contributed by atoms with E-state index in [1.54, 1.807) is 0 Å². The molecule has 1 aromatic heterocycles. The highest BCUT2D eigenvalue weighted by Gasteiger charge is 2.25. The molecule has 0 unspecified atom stereocenters. The maximum absolute atomic E-state index is 12.9. The normalized spacial score (nSPS) is 18.2. The molecule has 6 nitrogen and oxygen atoms in total. The Balaban J connectivity index is 1.09. The zero-order chi connectivity index (χ0) is 21.8. The van der Waals surface area contributed by atoms with Crippen molar-refractivity contribution in [2.45, 2.75) is 6.54 Å².